The second kappa shape index (κ2) is 8.28. The summed E-state index contributed by atoms with van der Waals surface area (Å²) in [4.78, 5) is 6.98. The SMILES string of the molecule is OC(c1cccc(Br)c1)c1nc(Cc2ccccc2)c(N2CCCCC2)o1. The standard InChI is InChI=1S/C22H23BrN2O2/c23-18-11-7-10-17(15-18)20(26)21-24-19(14-16-8-3-1-4-9-16)22(27-21)25-12-5-2-6-13-25/h1,3-4,7-11,15,20,26H,2,5-6,12-14H2. The molecular weight excluding hydrogens is 404 g/mol. The number of hydrogen-bond donors (Lipinski definition) is 1. The van der Waals surface area contributed by atoms with Crippen molar-refractivity contribution in [2.75, 3.05) is 18.0 Å². The van der Waals surface area contributed by atoms with Crippen molar-refractivity contribution in [1.82, 2.24) is 4.98 Å². The number of anilines is 1. The number of nitrogens with zero attached hydrogens (tertiary/aromatic N) is 2. The Bertz CT molecular complexity index is 888. The predicted octanol–water partition coefficient (Wildman–Crippen LogP) is 5.10. The number of aliphatic hydroxyl groups excluding tert-OH is 1. The van der Waals surface area contributed by atoms with E-state index in [4.69, 9.17) is 9.40 Å². The highest BCUT2D eigenvalue weighted by Gasteiger charge is 2.25. The van der Waals surface area contributed by atoms with Gasteiger partial charge >= 0.3 is 0 Å². The van der Waals surface area contributed by atoms with Gasteiger partial charge in [-0.2, -0.15) is 0 Å². The monoisotopic (exact) mass is 426 g/mol. The second-order valence-electron chi connectivity index (χ2n) is 6.97. The van der Waals surface area contributed by atoms with E-state index in [1.165, 1.54) is 12.0 Å². The Morgan fingerprint density at radius 2 is 1.81 bits per heavy atom. The molecule has 1 aliphatic heterocycles. The summed E-state index contributed by atoms with van der Waals surface area (Å²) in [6, 6.07) is 17.9. The van der Waals surface area contributed by atoms with E-state index in [2.05, 4.69) is 33.0 Å². The highest BCUT2D eigenvalue weighted by molar-refractivity contribution is 9.10. The van der Waals surface area contributed by atoms with Crippen LogP contribution in [0.5, 0.6) is 0 Å². The van der Waals surface area contributed by atoms with Gasteiger partial charge in [-0.3, -0.25) is 0 Å². The van der Waals surface area contributed by atoms with Crippen LogP contribution in [0.4, 0.5) is 5.88 Å². The van der Waals surface area contributed by atoms with Crippen molar-refractivity contribution < 1.29 is 9.52 Å². The summed E-state index contributed by atoms with van der Waals surface area (Å²) in [6.45, 7) is 1.95. The molecule has 4 nitrogen and oxygen atoms in total. The highest BCUT2D eigenvalue weighted by Crippen LogP contribution is 2.32. The number of rotatable bonds is 5. The first-order valence-corrected chi connectivity index (χ1v) is 10.2. The van der Waals surface area contributed by atoms with Crippen LogP contribution >= 0.6 is 15.9 Å². The van der Waals surface area contributed by atoms with Crippen LogP contribution in [0, 0.1) is 0 Å². The maximum atomic E-state index is 10.8. The maximum Gasteiger partial charge on any atom is 0.230 e. The molecular formula is C22H23BrN2O2. The molecule has 0 bridgehead atoms. The van der Waals surface area contributed by atoms with Crippen LogP contribution in [-0.2, 0) is 6.42 Å². The van der Waals surface area contributed by atoms with Crippen molar-refractivity contribution in [3.63, 3.8) is 0 Å². The van der Waals surface area contributed by atoms with Crippen LogP contribution in [0.1, 0.15) is 48.1 Å². The van der Waals surface area contributed by atoms with Gasteiger partial charge in [0, 0.05) is 24.0 Å². The van der Waals surface area contributed by atoms with E-state index in [-0.39, 0.29) is 0 Å². The third-order valence-electron chi connectivity index (χ3n) is 4.95. The second-order valence-corrected chi connectivity index (χ2v) is 7.89. The predicted molar refractivity (Wildman–Crippen MR) is 110 cm³/mol. The zero-order valence-electron chi connectivity index (χ0n) is 15.1. The van der Waals surface area contributed by atoms with Crippen LogP contribution in [0.2, 0.25) is 0 Å². The topological polar surface area (TPSA) is 49.5 Å². The van der Waals surface area contributed by atoms with Crippen molar-refractivity contribution in [2.24, 2.45) is 0 Å². The minimum atomic E-state index is -0.879. The Balaban J connectivity index is 1.68. The van der Waals surface area contributed by atoms with E-state index in [1.54, 1.807) is 0 Å². The number of benzene rings is 2. The normalized spacial score (nSPS) is 15.7. The van der Waals surface area contributed by atoms with Crippen molar-refractivity contribution in [1.29, 1.82) is 0 Å². The van der Waals surface area contributed by atoms with Crippen LogP contribution < -0.4 is 4.90 Å². The molecule has 2 aromatic carbocycles. The van der Waals surface area contributed by atoms with Crippen molar-refractivity contribution in [3.05, 3.63) is 81.8 Å². The van der Waals surface area contributed by atoms with Gasteiger partial charge in [0.25, 0.3) is 0 Å². The fraction of sp³-hybridized carbons (Fsp3) is 0.318. The first-order chi connectivity index (χ1) is 13.2. The minimum absolute atomic E-state index is 0.361. The molecule has 0 radical (unpaired) electrons. The molecule has 1 aliphatic rings. The molecule has 1 fully saturated rings. The summed E-state index contributed by atoms with van der Waals surface area (Å²) in [7, 11) is 0. The minimum Gasteiger partial charge on any atom is -0.422 e. The lowest BCUT2D eigenvalue weighted by Gasteiger charge is -2.26. The summed E-state index contributed by atoms with van der Waals surface area (Å²) in [5.41, 5.74) is 2.85. The number of oxazole rings is 1. The Labute approximate surface area is 168 Å². The summed E-state index contributed by atoms with van der Waals surface area (Å²) < 4.78 is 7.05. The van der Waals surface area contributed by atoms with E-state index in [0.29, 0.717) is 12.3 Å². The molecule has 3 aromatic rings. The van der Waals surface area contributed by atoms with E-state index in [1.807, 2.05) is 42.5 Å². The van der Waals surface area contributed by atoms with Crippen molar-refractivity contribution >= 4 is 21.8 Å². The Morgan fingerprint density at radius 1 is 1.04 bits per heavy atom. The molecule has 0 aliphatic carbocycles. The molecule has 1 unspecified atom stereocenters. The van der Waals surface area contributed by atoms with Crippen molar-refractivity contribution in [2.45, 2.75) is 31.8 Å². The average Bonchev–Trinajstić information content (AvgIpc) is 3.12. The van der Waals surface area contributed by atoms with Crippen LogP contribution in [-0.4, -0.2) is 23.2 Å². The number of halogens is 1. The van der Waals surface area contributed by atoms with Gasteiger partial charge in [0.1, 0.15) is 5.69 Å². The molecule has 0 spiro atoms. The van der Waals surface area contributed by atoms with Gasteiger partial charge in [0.2, 0.25) is 11.8 Å². The Morgan fingerprint density at radius 3 is 2.56 bits per heavy atom. The summed E-state index contributed by atoms with van der Waals surface area (Å²) in [5.74, 6) is 1.17. The first-order valence-electron chi connectivity index (χ1n) is 9.43. The van der Waals surface area contributed by atoms with Gasteiger partial charge in [0.05, 0.1) is 0 Å². The van der Waals surface area contributed by atoms with Gasteiger partial charge < -0.3 is 14.4 Å². The summed E-state index contributed by atoms with van der Waals surface area (Å²) in [6.07, 6.45) is 3.40. The van der Waals surface area contributed by atoms with Gasteiger partial charge in [-0.05, 0) is 42.5 Å². The van der Waals surface area contributed by atoms with Crippen LogP contribution in [0.3, 0.4) is 0 Å². The molecule has 0 saturated carbocycles. The average molecular weight is 427 g/mol. The molecule has 2 heterocycles. The molecule has 1 aromatic heterocycles. The summed E-state index contributed by atoms with van der Waals surface area (Å²) >= 11 is 3.46. The number of aliphatic hydroxyl groups is 1. The maximum absolute atomic E-state index is 10.8. The van der Waals surface area contributed by atoms with Crippen LogP contribution in [0.15, 0.2) is 63.5 Å². The molecule has 1 saturated heterocycles. The lowest BCUT2D eigenvalue weighted by atomic mass is 10.1. The highest BCUT2D eigenvalue weighted by atomic mass is 79.9. The zero-order chi connectivity index (χ0) is 18.6. The summed E-state index contributed by atoms with van der Waals surface area (Å²) in [5, 5.41) is 10.8. The van der Waals surface area contributed by atoms with Gasteiger partial charge in [-0.25, -0.2) is 4.98 Å². The molecule has 5 heteroatoms. The largest absolute Gasteiger partial charge is 0.422 e. The van der Waals surface area contributed by atoms with Crippen LogP contribution in [0.25, 0.3) is 0 Å². The van der Waals surface area contributed by atoms with E-state index >= 15 is 0 Å². The number of aromatic nitrogens is 1. The third-order valence-corrected chi connectivity index (χ3v) is 5.44. The van der Waals surface area contributed by atoms with E-state index in [0.717, 1.165) is 47.5 Å². The fourth-order valence-electron chi connectivity index (χ4n) is 3.55. The fourth-order valence-corrected chi connectivity index (χ4v) is 3.96. The quantitative estimate of drug-likeness (QED) is 0.616. The van der Waals surface area contributed by atoms with E-state index in [9.17, 15) is 5.11 Å². The lowest BCUT2D eigenvalue weighted by molar-refractivity contribution is 0.183. The molecule has 4 rings (SSSR count). The molecule has 1 N–H and O–H groups in total. The number of piperidine rings is 1. The van der Waals surface area contributed by atoms with E-state index < -0.39 is 6.10 Å². The molecule has 0 amide bonds. The molecule has 27 heavy (non-hydrogen) atoms. The smallest absolute Gasteiger partial charge is 0.230 e. The number of hydrogen-bond acceptors (Lipinski definition) is 4. The van der Waals surface area contributed by atoms with Gasteiger partial charge in [0.15, 0.2) is 6.10 Å². The van der Waals surface area contributed by atoms with Gasteiger partial charge in [-0.1, -0.05) is 58.4 Å². The van der Waals surface area contributed by atoms with Crippen molar-refractivity contribution in [3.8, 4) is 0 Å². The third kappa shape index (κ3) is 4.25. The molecule has 140 valence electrons. The Hall–Kier alpha value is -2.11. The molecule has 1 atom stereocenters. The van der Waals surface area contributed by atoms with Gasteiger partial charge in [-0.15, -0.1) is 0 Å². The Kier molecular flexibility index (Phi) is 5.60. The zero-order valence-corrected chi connectivity index (χ0v) is 16.7. The first kappa shape index (κ1) is 18.3. The lowest BCUT2D eigenvalue weighted by Crippen LogP contribution is -2.29.